The van der Waals surface area contributed by atoms with Crippen molar-refractivity contribution in [2.75, 3.05) is 10.6 Å². The second kappa shape index (κ2) is 6.17. The fourth-order valence-electron chi connectivity index (χ4n) is 2.42. The highest BCUT2D eigenvalue weighted by atomic mass is 32.1. The van der Waals surface area contributed by atoms with E-state index in [1.165, 1.54) is 11.3 Å². The number of H-pyrrole nitrogens is 1. The minimum absolute atomic E-state index is 0.256. The van der Waals surface area contributed by atoms with Gasteiger partial charge in [0.05, 0.1) is 16.0 Å². The highest BCUT2D eigenvalue weighted by Gasteiger charge is 2.06. The van der Waals surface area contributed by atoms with E-state index in [2.05, 4.69) is 20.6 Å². The highest BCUT2D eigenvalue weighted by Crippen LogP contribution is 2.22. The zero-order valence-electron chi connectivity index (χ0n) is 12.6. The van der Waals surface area contributed by atoms with Gasteiger partial charge in [-0.15, -0.1) is 11.3 Å². The number of carbonyl (C=O) groups is 1. The van der Waals surface area contributed by atoms with Crippen LogP contribution in [0.15, 0.2) is 66.0 Å². The van der Waals surface area contributed by atoms with Gasteiger partial charge in [-0.2, -0.15) is 0 Å². The molecule has 0 saturated heterocycles. The number of amides is 2. The lowest BCUT2D eigenvalue weighted by Crippen LogP contribution is -2.18. The van der Waals surface area contributed by atoms with Gasteiger partial charge in [-0.3, -0.25) is 5.32 Å². The van der Waals surface area contributed by atoms with Crippen molar-refractivity contribution in [1.29, 1.82) is 0 Å². The van der Waals surface area contributed by atoms with Crippen molar-refractivity contribution in [2.45, 2.75) is 0 Å². The van der Waals surface area contributed by atoms with Gasteiger partial charge in [-0.25, -0.2) is 9.78 Å². The van der Waals surface area contributed by atoms with Crippen molar-refractivity contribution in [3.63, 3.8) is 0 Å². The number of aromatic amines is 1. The number of imidazole rings is 1. The number of thiophene rings is 1. The van der Waals surface area contributed by atoms with E-state index >= 15 is 0 Å². The number of nitrogens with zero attached hydrogens (tertiary/aromatic N) is 1. The van der Waals surface area contributed by atoms with E-state index in [9.17, 15) is 4.79 Å². The Labute approximate surface area is 142 Å². The molecule has 0 unspecified atom stereocenters. The first-order valence-electron chi connectivity index (χ1n) is 7.45. The number of carbonyl (C=O) groups excluding carboxylic acids is 1. The molecule has 5 nitrogen and oxygen atoms in total. The summed E-state index contributed by atoms with van der Waals surface area (Å²) in [7, 11) is 0. The second-order valence-corrected chi connectivity index (χ2v) is 6.18. The van der Waals surface area contributed by atoms with Crippen LogP contribution < -0.4 is 10.6 Å². The summed E-state index contributed by atoms with van der Waals surface area (Å²) in [6, 6.07) is 19.0. The number of benzene rings is 2. The van der Waals surface area contributed by atoms with Gasteiger partial charge in [-0.05, 0) is 53.9 Å². The quantitative estimate of drug-likeness (QED) is 0.497. The van der Waals surface area contributed by atoms with Crippen LogP contribution in [0.4, 0.5) is 15.5 Å². The SMILES string of the molecule is O=C(Nc1ccc(-c2nc3ccccc3[nH]2)cc1)Nc1cccs1. The number of rotatable bonds is 3. The van der Waals surface area contributed by atoms with Gasteiger partial charge >= 0.3 is 6.03 Å². The smallest absolute Gasteiger partial charge is 0.324 e. The Morgan fingerprint density at radius 3 is 2.54 bits per heavy atom. The summed E-state index contributed by atoms with van der Waals surface area (Å²) < 4.78 is 0. The van der Waals surface area contributed by atoms with Crippen molar-refractivity contribution >= 4 is 39.1 Å². The molecule has 0 radical (unpaired) electrons. The maximum atomic E-state index is 11.9. The topological polar surface area (TPSA) is 69.8 Å². The summed E-state index contributed by atoms with van der Waals surface area (Å²) in [4.78, 5) is 19.8. The summed E-state index contributed by atoms with van der Waals surface area (Å²) in [5.74, 6) is 0.811. The fraction of sp³-hybridized carbons (Fsp3) is 0. The molecule has 0 fully saturated rings. The molecule has 24 heavy (non-hydrogen) atoms. The van der Waals surface area contributed by atoms with Gasteiger partial charge in [0.25, 0.3) is 0 Å². The molecule has 0 spiro atoms. The summed E-state index contributed by atoms with van der Waals surface area (Å²) in [5.41, 5.74) is 3.63. The molecule has 0 aliphatic heterocycles. The lowest BCUT2D eigenvalue weighted by Gasteiger charge is -2.06. The summed E-state index contributed by atoms with van der Waals surface area (Å²) in [5, 5.41) is 8.32. The van der Waals surface area contributed by atoms with Crippen molar-refractivity contribution < 1.29 is 4.79 Å². The summed E-state index contributed by atoms with van der Waals surface area (Å²) in [6.45, 7) is 0. The third kappa shape index (κ3) is 3.00. The van der Waals surface area contributed by atoms with Crippen LogP contribution in [0.1, 0.15) is 0 Å². The van der Waals surface area contributed by atoms with Crippen LogP contribution in [-0.2, 0) is 0 Å². The van der Waals surface area contributed by atoms with Gasteiger partial charge in [0, 0.05) is 11.3 Å². The number of hydrogen-bond donors (Lipinski definition) is 3. The van der Waals surface area contributed by atoms with Crippen LogP contribution in [0.25, 0.3) is 22.4 Å². The van der Waals surface area contributed by atoms with Crippen LogP contribution in [0.5, 0.6) is 0 Å². The molecule has 118 valence electrons. The molecule has 3 N–H and O–H groups in total. The Hall–Kier alpha value is -3.12. The molecule has 6 heteroatoms. The van der Waals surface area contributed by atoms with Crippen LogP contribution in [0.2, 0.25) is 0 Å². The number of anilines is 2. The van der Waals surface area contributed by atoms with E-state index < -0.39 is 0 Å². The zero-order chi connectivity index (χ0) is 16.4. The average Bonchev–Trinajstić information content (AvgIpc) is 3.24. The number of urea groups is 1. The standard InChI is InChI=1S/C18H14N4OS/c23-18(22-16-6-3-11-24-16)19-13-9-7-12(8-10-13)17-20-14-4-1-2-5-15(14)21-17/h1-11H,(H,20,21)(H2,19,22,23). The molecule has 2 amide bonds. The highest BCUT2D eigenvalue weighted by molar-refractivity contribution is 7.14. The Morgan fingerprint density at radius 2 is 1.79 bits per heavy atom. The molecular formula is C18H14N4OS. The third-order valence-corrected chi connectivity index (χ3v) is 4.35. The van der Waals surface area contributed by atoms with Crippen LogP contribution in [0.3, 0.4) is 0 Å². The fourth-order valence-corrected chi connectivity index (χ4v) is 3.04. The van der Waals surface area contributed by atoms with E-state index in [0.29, 0.717) is 0 Å². The predicted octanol–water partition coefficient (Wildman–Crippen LogP) is 4.94. The molecule has 2 aromatic heterocycles. The summed E-state index contributed by atoms with van der Waals surface area (Å²) in [6.07, 6.45) is 0. The molecule has 2 aromatic carbocycles. The molecule has 2 heterocycles. The van der Waals surface area contributed by atoms with Crippen LogP contribution >= 0.6 is 11.3 Å². The second-order valence-electron chi connectivity index (χ2n) is 5.24. The molecule has 0 bridgehead atoms. The largest absolute Gasteiger partial charge is 0.338 e. The number of nitrogens with one attached hydrogen (secondary N) is 3. The van der Waals surface area contributed by atoms with Gasteiger partial charge in [0.2, 0.25) is 0 Å². The maximum absolute atomic E-state index is 11.9. The van der Waals surface area contributed by atoms with Crippen molar-refractivity contribution in [2.24, 2.45) is 0 Å². The Morgan fingerprint density at radius 1 is 0.958 bits per heavy atom. The first-order chi connectivity index (χ1) is 11.8. The van der Waals surface area contributed by atoms with Crippen molar-refractivity contribution in [1.82, 2.24) is 9.97 Å². The average molecular weight is 334 g/mol. The molecule has 0 saturated carbocycles. The Bertz CT molecular complexity index is 941. The first kappa shape index (κ1) is 14.5. The van der Waals surface area contributed by atoms with Gasteiger partial charge in [0.15, 0.2) is 0 Å². The Kier molecular flexibility index (Phi) is 3.72. The lowest BCUT2D eigenvalue weighted by molar-refractivity contribution is 0.262. The van der Waals surface area contributed by atoms with E-state index in [-0.39, 0.29) is 6.03 Å². The molecule has 4 rings (SSSR count). The van der Waals surface area contributed by atoms with E-state index in [1.807, 2.05) is 66.0 Å². The minimum Gasteiger partial charge on any atom is -0.338 e. The molecule has 0 aliphatic carbocycles. The molecule has 0 aliphatic rings. The van der Waals surface area contributed by atoms with E-state index in [0.717, 1.165) is 33.1 Å². The third-order valence-electron chi connectivity index (χ3n) is 3.56. The zero-order valence-corrected chi connectivity index (χ0v) is 13.4. The number of fused-ring (bicyclic) bond motifs is 1. The van der Waals surface area contributed by atoms with Crippen LogP contribution in [0, 0.1) is 0 Å². The van der Waals surface area contributed by atoms with E-state index in [4.69, 9.17) is 0 Å². The molecule has 0 atom stereocenters. The molecular weight excluding hydrogens is 320 g/mol. The number of hydrogen-bond acceptors (Lipinski definition) is 3. The lowest BCUT2D eigenvalue weighted by atomic mass is 10.2. The monoisotopic (exact) mass is 334 g/mol. The number of para-hydroxylation sites is 2. The normalized spacial score (nSPS) is 10.7. The van der Waals surface area contributed by atoms with Crippen molar-refractivity contribution in [3.8, 4) is 11.4 Å². The molecule has 4 aromatic rings. The van der Waals surface area contributed by atoms with Gasteiger partial charge in [-0.1, -0.05) is 12.1 Å². The van der Waals surface area contributed by atoms with Crippen molar-refractivity contribution in [3.05, 3.63) is 66.0 Å². The number of aromatic nitrogens is 2. The van der Waals surface area contributed by atoms with Gasteiger partial charge < -0.3 is 10.3 Å². The summed E-state index contributed by atoms with van der Waals surface area (Å²) >= 11 is 1.48. The van der Waals surface area contributed by atoms with Crippen LogP contribution in [-0.4, -0.2) is 16.0 Å². The first-order valence-corrected chi connectivity index (χ1v) is 8.32. The Balaban J connectivity index is 1.49. The van der Waals surface area contributed by atoms with E-state index in [1.54, 1.807) is 0 Å². The van der Waals surface area contributed by atoms with Gasteiger partial charge in [0.1, 0.15) is 5.82 Å². The minimum atomic E-state index is -0.256. The maximum Gasteiger partial charge on any atom is 0.324 e. The predicted molar refractivity (Wildman–Crippen MR) is 98.5 cm³/mol.